The Bertz CT molecular complexity index is 652. The lowest BCUT2D eigenvalue weighted by molar-refractivity contribution is -0.126. The summed E-state index contributed by atoms with van der Waals surface area (Å²) in [5.74, 6) is 1.10. The summed E-state index contributed by atoms with van der Waals surface area (Å²) in [4.78, 5) is 28.6. The second-order valence-corrected chi connectivity index (χ2v) is 6.11. The van der Waals surface area contributed by atoms with Gasteiger partial charge in [0.25, 0.3) is 5.91 Å². The molecule has 1 spiro atoms. The molecule has 1 saturated carbocycles. The molecular formula is C16H18N2O4. The van der Waals surface area contributed by atoms with Gasteiger partial charge in [-0.1, -0.05) is 19.3 Å². The average molecular weight is 302 g/mol. The summed E-state index contributed by atoms with van der Waals surface area (Å²) in [7, 11) is 1.73. The van der Waals surface area contributed by atoms with Gasteiger partial charge in [0.15, 0.2) is 11.5 Å². The van der Waals surface area contributed by atoms with Gasteiger partial charge < -0.3 is 14.4 Å². The second kappa shape index (κ2) is 4.63. The lowest BCUT2D eigenvalue weighted by atomic mass is 9.80. The van der Waals surface area contributed by atoms with Crippen LogP contribution < -0.4 is 14.4 Å². The van der Waals surface area contributed by atoms with E-state index in [0.29, 0.717) is 17.2 Å². The van der Waals surface area contributed by atoms with Crippen LogP contribution in [0.2, 0.25) is 0 Å². The first-order chi connectivity index (χ1) is 10.6. The molecule has 0 bridgehead atoms. The van der Waals surface area contributed by atoms with Gasteiger partial charge in [0, 0.05) is 13.1 Å². The number of fused-ring (bicyclic) bond motifs is 1. The molecule has 2 heterocycles. The highest BCUT2D eigenvalue weighted by atomic mass is 16.7. The van der Waals surface area contributed by atoms with E-state index in [1.165, 1.54) is 4.90 Å². The summed E-state index contributed by atoms with van der Waals surface area (Å²) in [6.07, 6.45) is 4.59. The quantitative estimate of drug-likeness (QED) is 0.748. The number of carbonyl (C=O) groups excluding carboxylic acids is 2. The molecule has 6 nitrogen and oxygen atoms in total. The van der Waals surface area contributed by atoms with E-state index in [1.807, 2.05) is 0 Å². The fourth-order valence-corrected chi connectivity index (χ4v) is 3.71. The highest BCUT2D eigenvalue weighted by Gasteiger charge is 2.56. The SMILES string of the molecule is CN1C(=O)N(c2ccc3c(c2)OCO3)C(=O)C12CCCCC2. The number of benzene rings is 1. The van der Waals surface area contributed by atoms with Crippen molar-refractivity contribution in [2.45, 2.75) is 37.6 Å². The molecule has 0 N–H and O–H groups in total. The Hall–Kier alpha value is -2.24. The minimum absolute atomic E-state index is 0.112. The zero-order valence-corrected chi connectivity index (χ0v) is 12.5. The maximum Gasteiger partial charge on any atom is 0.332 e. The van der Waals surface area contributed by atoms with Gasteiger partial charge in [0.1, 0.15) is 5.54 Å². The van der Waals surface area contributed by atoms with E-state index in [1.54, 1.807) is 30.1 Å². The number of carbonyl (C=O) groups is 2. The molecule has 1 aliphatic carbocycles. The predicted octanol–water partition coefficient (Wildman–Crippen LogP) is 2.52. The third-order valence-electron chi connectivity index (χ3n) is 5.02. The van der Waals surface area contributed by atoms with Crippen molar-refractivity contribution in [2.24, 2.45) is 0 Å². The van der Waals surface area contributed by atoms with Crippen LogP contribution in [0.1, 0.15) is 32.1 Å². The van der Waals surface area contributed by atoms with Crippen molar-refractivity contribution in [1.82, 2.24) is 4.90 Å². The summed E-state index contributed by atoms with van der Waals surface area (Å²) in [5.41, 5.74) is -0.111. The molecule has 1 saturated heterocycles. The summed E-state index contributed by atoms with van der Waals surface area (Å²) in [6.45, 7) is 0.171. The Labute approximate surface area is 128 Å². The van der Waals surface area contributed by atoms with Gasteiger partial charge in [0.2, 0.25) is 6.79 Å². The van der Waals surface area contributed by atoms with Gasteiger partial charge in [-0.15, -0.1) is 0 Å². The van der Waals surface area contributed by atoms with E-state index in [0.717, 1.165) is 32.1 Å². The molecule has 3 amide bonds. The van der Waals surface area contributed by atoms with Crippen LogP contribution in [0.5, 0.6) is 11.5 Å². The van der Waals surface area contributed by atoms with E-state index in [4.69, 9.17) is 9.47 Å². The Morgan fingerprint density at radius 3 is 2.55 bits per heavy atom. The van der Waals surface area contributed by atoms with E-state index in [-0.39, 0.29) is 18.7 Å². The number of anilines is 1. The van der Waals surface area contributed by atoms with Crippen molar-refractivity contribution >= 4 is 17.6 Å². The van der Waals surface area contributed by atoms with Crippen LogP contribution in [0.15, 0.2) is 18.2 Å². The Morgan fingerprint density at radius 2 is 1.77 bits per heavy atom. The maximum absolute atomic E-state index is 13.0. The molecule has 1 aromatic rings. The third kappa shape index (κ3) is 1.66. The molecule has 0 unspecified atom stereocenters. The second-order valence-electron chi connectivity index (χ2n) is 6.11. The first kappa shape index (κ1) is 13.4. The normalized spacial score (nSPS) is 22.8. The minimum Gasteiger partial charge on any atom is -0.454 e. The third-order valence-corrected chi connectivity index (χ3v) is 5.02. The van der Waals surface area contributed by atoms with Crippen molar-refractivity contribution in [3.63, 3.8) is 0 Å². The molecule has 3 aliphatic rings. The van der Waals surface area contributed by atoms with Crippen molar-refractivity contribution in [3.05, 3.63) is 18.2 Å². The van der Waals surface area contributed by atoms with E-state index in [9.17, 15) is 9.59 Å². The highest BCUT2D eigenvalue weighted by molar-refractivity contribution is 6.23. The number of imide groups is 1. The van der Waals surface area contributed by atoms with Crippen molar-refractivity contribution in [1.29, 1.82) is 0 Å². The molecule has 6 heteroatoms. The van der Waals surface area contributed by atoms with Crippen LogP contribution in [0.25, 0.3) is 0 Å². The topological polar surface area (TPSA) is 59.1 Å². The number of hydrogen-bond donors (Lipinski definition) is 0. The van der Waals surface area contributed by atoms with Crippen LogP contribution in [0.4, 0.5) is 10.5 Å². The monoisotopic (exact) mass is 302 g/mol. The molecule has 0 atom stereocenters. The number of likely N-dealkylation sites (N-methyl/N-ethyl adjacent to an activating group) is 1. The molecule has 0 aromatic heterocycles. The first-order valence-electron chi connectivity index (χ1n) is 7.65. The summed E-state index contributed by atoms with van der Waals surface area (Å²) in [6, 6.07) is 4.92. The van der Waals surface area contributed by atoms with Gasteiger partial charge in [0.05, 0.1) is 5.69 Å². The number of hydrogen-bond acceptors (Lipinski definition) is 4. The maximum atomic E-state index is 13.0. The molecule has 22 heavy (non-hydrogen) atoms. The van der Waals surface area contributed by atoms with Crippen molar-refractivity contribution in [2.75, 3.05) is 18.7 Å². The Kier molecular flexibility index (Phi) is 2.82. The molecule has 2 aliphatic heterocycles. The number of ether oxygens (including phenoxy) is 2. The molecule has 4 rings (SSSR count). The number of nitrogens with zero attached hydrogens (tertiary/aromatic N) is 2. The van der Waals surface area contributed by atoms with Crippen LogP contribution in [-0.4, -0.2) is 36.2 Å². The van der Waals surface area contributed by atoms with Crippen LogP contribution >= 0.6 is 0 Å². The zero-order chi connectivity index (χ0) is 15.3. The van der Waals surface area contributed by atoms with E-state index >= 15 is 0 Å². The average Bonchev–Trinajstić information content (AvgIpc) is 3.07. The summed E-state index contributed by atoms with van der Waals surface area (Å²) < 4.78 is 10.6. The standard InChI is InChI=1S/C16H18N2O4/c1-17-15(20)18(14(19)16(17)7-3-2-4-8-16)11-5-6-12-13(9-11)22-10-21-12/h5-6,9H,2-4,7-8,10H2,1H3. The van der Waals surface area contributed by atoms with Gasteiger partial charge in [-0.05, 0) is 25.0 Å². The van der Waals surface area contributed by atoms with Crippen LogP contribution in [-0.2, 0) is 4.79 Å². The van der Waals surface area contributed by atoms with Gasteiger partial charge >= 0.3 is 6.03 Å². The van der Waals surface area contributed by atoms with Crippen molar-refractivity contribution < 1.29 is 19.1 Å². The molecular weight excluding hydrogens is 284 g/mol. The number of amides is 3. The minimum atomic E-state index is -0.661. The summed E-state index contributed by atoms with van der Waals surface area (Å²) >= 11 is 0. The van der Waals surface area contributed by atoms with E-state index < -0.39 is 5.54 Å². The summed E-state index contributed by atoms with van der Waals surface area (Å²) in [5, 5.41) is 0. The Morgan fingerprint density at radius 1 is 1.05 bits per heavy atom. The smallest absolute Gasteiger partial charge is 0.332 e. The largest absolute Gasteiger partial charge is 0.454 e. The molecule has 0 radical (unpaired) electrons. The van der Waals surface area contributed by atoms with Crippen LogP contribution in [0, 0.1) is 0 Å². The van der Waals surface area contributed by atoms with Gasteiger partial charge in [-0.25, -0.2) is 9.69 Å². The van der Waals surface area contributed by atoms with E-state index in [2.05, 4.69) is 0 Å². The predicted molar refractivity (Wildman–Crippen MR) is 79.0 cm³/mol. The number of urea groups is 1. The lowest BCUT2D eigenvalue weighted by Gasteiger charge is -2.35. The van der Waals surface area contributed by atoms with Crippen molar-refractivity contribution in [3.8, 4) is 11.5 Å². The molecule has 116 valence electrons. The van der Waals surface area contributed by atoms with Gasteiger partial charge in [-0.2, -0.15) is 0 Å². The highest BCUT2D eigenvalue weighted by Crippen LogP contribution is 2.43. The lowest BCUT2D eigenvalue weighted by Crippen LogP contribution is -2.49. The Balaban J connectivity index is 1.73. The zero-order valence-electron chi connectivity index (χ0n) is 12.5. The van der Waals surface area contributed by atoms with Gasteiger partial charge in [-0.3, -0.25) is 4.79 Å². The van der Waals surface area contributed by atoms with Crippen LogP contribution in [0.3, 0.4) is 0 Å². The fourth-order valence-electron chi connectivity index (χ4n) is 3.71. The molecule has 1 aromatic carbocycles. The molecule has 2 fully saturated rings. The number of rotatable bonds is 1. The fraction of sp³-hybridized carbons (Fsp3) is 0.500. The first-order valence-corrected chi connectivity index (χ1v) is 7.65.